The van der Waals surface area contributed by atoms with Gasteiger partial charge in [0.05, 0.1) is 5.69 Å². The van der Waals surface area contributed by atoms with Gasteiger partial charge in [0, 0.05) is 17.3 Å². The van der Waals surface area contributed by atoms with Gasteiger partial charge in [-0.05, 0) is 62.6 Å². The molecule has 0 atom stereocenters. The topological polar surface area (TPSA) is 61.0 Å². The molecule has 0 unspecified atom stereocenters. The smallest absolute Gasteiger partial charge is 0.159 e. The third-order valence-electron chi connectivity index (χ3n) is 5.93. The lowest BCUT2D eigenvalue weighted by atomic mass is 9.93. The summed E-state index contributed by atoms with van der Waals surface area (Å²) in [6, 6.07) is 32.9. The fraction of sp³-hybridized carbons (Fsp3) is 0. The second-order valence-corrected chi connectivity index (χ2v) is 7.76. The Morgan fingerprint density at radius 1 is 0.562 bits per heavy atom. The van der Waals surface area contributed by atoms with Crippen LogP contribution in [0.25, 0.3) is 55.0 Å². The number of hydrogen-bond acceptors (Lipinski definition) is 4. The van der Waals surface area contributed by atoms with Crippen LogP contribution in [0.15, 0.2) is 103 Å². The molecule has 4 nitrogen and oxygen atoms in total. The van der Waals surface area contributed by atoms with Crippen molar-refractivity contribution in [2.75, 3.05) is 0 Å². The highest BCUT2D eigenvalue weighted by atomic mass is 16.6. The van der Waals surface area contributed by atoms with E-state index in [0.29, 0.717) is 11.6 Å². The summed E-state index contributed by atoms with van der Waals surface area (Å²) in [4.78, 5) is 14.4. The molecule has 2 N–H and O–H groups in total. The summed E-state index contributed by atoms with van der Waals surface area (Å²) >= 11 is 0. The molecule has 1 aromatic heterocycles. The van der Waals surface area contributed by atoms with Crippen molar-refractivity contribution in [3.63, 3.8) is 0 Å². The van der Waals surface area contributed by atoms with Crippen LogP contribution in [0, 0.1) is 0 Å². The van der Waals surface area contributed by atoms with Crippen molar-refractivity contribution in [3.05, 3.63) is 103 Å². The zero-order chi connectivity index (χ0) is 21.5. The Balaban J connectivity index is 1.60. The van der Waals surface area contributed by atoms with Crippen LogP contribution in [-0.2, 0) is 0 Å². The summed E-state index contributed by atoms with van der Waals surface area (Å²) in [6.45, 7) is 0. The van der Waals surface area contributed by atoms with Crippen LogP contribution in [0.2, 0.25) is 0 Å². The molecule has 0 radical (unpaired) electrons. The van der Waals surface area contributed by atoms with Gasteiger partial charge in [-0.1, -0.05) is 66.7 Å². The number of fused-ring (bicyclic) bond motifs is 6. The predicted octanol–water partition coefficient (Wildman–Crippen LogP) is 6.52. The fourth-order valence-electron chi connectivity index (χ4n) is 4.42. The standard InChI is InChI=1S/C28H19N3O/c29-32-20-11-13-24-23-12-10-19(16-25(23)21-8-4-5-9-22(21)26(24)17-20)28-30-15-14-27(31-28)18-6-2-1-3-7-18/h1-17H,29H2. The molecule has 152 valence electrons. The lowest BCUT2D eigenvalue weighted by molar-refractivity contribution is 0.335. The second kappa shape index (κ2) is 7.45. The zero-order valence-corrected chi connectivity index (χ0v) is 17.2. The van der Waals surface area contributed by atoms with Gasteiger partial charge in [0.25, 0.3) is 0 Å². The van der Waals surface area contributed by atoms with Crippen LogP contribution in [0.4, 0.5) is 0 Å². The molecule has 0 aliphatic heterocycles. The molecule has 6 aromatic rings. The first kappa shape index (κ1) is 18.5. The van der Waals surface area contributed by atoms with E-state index < -0.39 is 0 Å². The fourth-order valence-corrected chi connectivity index (χ4v) is 4.42. The molecule has 4 heteroatoms. The molecule has 32 heavy (non-hydrogen) atoms. The Bertz CT molecular complexity index is 1590. The van der Waals surface area contributed by atoms with Crippen molar-refractivity contribution < 1.29 is 4.84 Å². The van der Waals surface area contributed by atoms with Crippen molar-refractivity contribution >= 4 is 32.3 Å². The molecule has 0 aliphatic carbocycles. The van der Waals surface area contributed by atoms with Gasteiger partial charge in [0.2, 0.25) is 0 Å². The van der Waals surface area contributed by atoms with E-state index in [1.54, 1.807) is 0 Å². The normalized spacial score (nSPS) is 11.3. The van der Waals surface area contributed by atoms with E-state index in [-0.39, 0.29) is 0 Å². The maximum absolute atomic E-state index is 5.42. The number of hydrogen-bond donors (Lipinski definition) is 1. The van der Waals surface area contributed by atoms with Gasteiger partial charge < -0.3 is 4.84 Å². The molecule has 0 amide bonds. The maximum atomic E-state index is 5.42. The first-order valence-electron chi connectivity index (χ1n) is 10.5. The van der Waals surface area contributed by atoms with Crippen molar-refractivity contribution in [3.8, 4) is 28.4 Å². The number of nitrogens with two attached hydrogens (primary N) is 1. The van der Waals surface area contributed by atoms with Crippen molar-refractivity contribution in [1.29, 1.82) is 0 Å². The first-order chi connectivity index (χ1) is 15.8. The lowest BCUT2D eigenvalue weighted by Gasteiger charge is -2.12. The average molecular weight is 413 g/mol. The van der Waals surface area contributed by atoms with Gasteiger partial charge in [0.15, 0.2) is 5.82 Å². The van der Waals surface area contributed by atoms with Gasteiger partial charge in [-0.3, -0.25) is 0 Å². The number of aromatic nitrogens is 2. The minimum atomic E-state index is 0.643. The second-order valence-electron chi connectivity index (χ2n) is 7.76. The summed E-state index contributed by atoms with van der Waals surface area (Å²) in [6.07, 6.45) is 1.82. The highest BCUT2D eigenvalue weighted by Crippen LogP contribution is 2.38. The quantitative estimate of drug-likeness (QED) is 0.265. The molecule has 0 saturated heterocycles. The van der Waals surface area contributed by atoms with E-state index in [9.17, 15) is 0 Å². The number of nitrogens with zero attached hydrogens (tertiary/aromatic N) is 2. The van der Waals surface area contributed by atoms with E-state index in [4.69, 9.17) is 15.7 Å². The van der Waals surface area contributed by atoms with Crippen LogP contribution in [0.3, 0.4) is 0 Å². The summed E-state index contributed by atoms with van der Waals surface area (Å²) in [5.41, 5.74) is 2.97. The molecule has 0 spiro atoms. The van der Waals surface area contributed by atoms with Gasteiger partial charge in [-0.2, -0.15) is 5.90 Å². The molecule has 0 bridgehead atoms. The van der Waals surface area contributed by atoms with E-state index in [1.165, 1.54) is 16.2 Å². The van der Waals surface area contributed by atoms with Crippen molar-refractivity contribution in [2.45, 2.75) is 0 Å². The van der Waals surface area contributed by atoms with Crippen LogP contribution in [0.1, 0.15) is 0 Å². The SMILES string of the molecule is NOc1ccc2c3ccc(-c4nccc(-c5ccccc5)n4)cc3c3ccccc3c2c1. The lowest BCUT2D eigenvalue weighted by Crippen LogP contribution is -2.01. The third-order valence-corrected chi connectivity index (χ3v) is 5.93. The third kappa shape index (κ3) is 2.97. The van der Waals surface area contributed by atoms with Gasteiger partial charge in [0.1, 0.15) is 5.75 Å². The van der Waals surface area contributed by atoms with Gasteiger partial charge in [-0.25, -0.2) is 9.97 Å². The Morgan fingerprint density at radius 2 is 1.22 bits per heavy atom. The molecular formula is C28H19N3O. The van der Waals surface area contributed by atoms with Crippen molar-refractivity contribution in [2.24, 2.45) is 5.90 Å². The number of benzene rings is 5. The Morgan fingerprint density at radius 3 is 1.97 bits per heavy atom. The minimum absolute atomic E-state index is 0.643. The molecule has 5 aromatic carbocycles. The van der Waals surface area contributed by atoms with Crippen molar-refractivity contribution in [1.82, 2.24) is 9.97 Å². The Kier molecular flexibility index (Phi) is 4.30. The Labute approximate surface area is 184 Å². The maximum Gasteiger partial charge on any atom is 0.159 e. The first-order valence-corrected chi connectivity index (χ1v) is 10.5. The minimum Gasteiger partial charge on any atom is -0.412 e. The Hall–Kier alpha value is -4.28. The summed E-state index contributed by atoms with van der Waals surface area (Å²) in [7, 11) is 0. The van der Waals surface area contributed by atoms with E-state index in [0.717, 1.165) is 33.0 Å². The molecule has 6 rings (SSSR count). The highest BCUT2D eigenvalue weighted by Gasteiger charge is 2.12. The predicted molar refractivity (Wildman–Crippen MR) is 130 cm³/mol. The van der Waals surface area contributed by atoms with E-state index in [1.807, 2.05) is 42.6 Å². The molecule has 0 fully saturated rings. The van der Waals surface area contributed by atoms with Crippen LogP contribution < -0.4 is 10.7 Å². The van der Waals surface area contributed by atoms with Crippen LogP contribution in [0.5, 0.6) is 5.75 Å². The highest BCUT2D eigenvalue weighted by molar-refractivity contribution is 6.25. The zero-order valence-electron chi connectivity index (χ0n) is 17.2. The average Bonchev–Trinajstić information content (AvgIpc) is 2.89. The van der Waals surface area contributed by atoms with E-state index in [2.05, 4.69) is 65.6 Å². The summed E-state index contributed by atoms with van der Waals surface area (Å²) in [5, 5.41) is 6.94. The van der Waals surface area contributed by atoms with Gasteiger partial charge in [-0.15, -0.1) is 0 Å². The number of rotatable bonds is 3. The molecule has 1 heterocycles. The largest absolute Gasteiger partial charge is 0.412 e. The van der Waals surface area contributed by atoms with Crippen LogP contribution in [-0.4, -0.2) is 9.97 Å². The molecule has 0 saturated carbocycles. The summed E-state index contributed by atoms with van der Waals surface area (Å²) in [5.74, 6) is 6.78. The monoisotopic (exact) mass is 413 g/mol. The van der Waals surface area contributed by atoms with Crippen LogP contribution >= 0.6 is 0 Å². The summed E-state index contributed by atoms with van der Waals surface area (Å²) < 4.78 is 0. The molecular weight excluding hydrogens is 394 g/mol. The van der Waals surface area contributed by atoms with E-state index >= 15 is 0 Å². The van der Waals surface area contributed by atoms with Gasteiger partial charge >= 0.3 is 0 Å². The molecule has 0 aliphatic rings.